The van der Waals surface area contributed by atoms with E-state index >= 15 is 0 Å². The Bertz CT molecular complexity index is 842. The Hall–Kier alpha value is -2.31. The maximum atomic E-state index is 12.5. The van der Waals surface area contributed by atoms with Crippen molar-refractivity contribution in [2.24, 2.45) is 5.92 Å². The minimum Gasteiger partial charge on any atom is -0.353 e. The molecule has 1 fully saturated rings. The third-order valence-electron chi connectivity index (χ3n) is 4.37. The van der Waals surface area contributed by atoms with Crippen LogP contribution >= 0.6 is 23.2 Å². The summed E-state index contributed by atoms with van der Waals surface area (Å²) in [6.07, 6.45) is 2.11. The number of rotatable bonds is 5. The molecule has 0 saturated carbocycles. The fraction of sp³-hybridized carbons (Fsp3) is 0.316. The van der Waals surface area contributed by atoms with E-state index in [9.17, 15) is 9.59 Å². The van der Waals surface area contributed by atoms with Crippen LogP contribution in [0.25, 0.3) is 0 Å². The molecule has 8 heteroatoms. The molecule has 142 valence electrons. The lowest BCUT2D eigenvalue weighted by Crippen LogP contribution is -2.48. The molecule has 1 aliphatic rings. The van der Waals surface area contributed by atoms with Crippen molar-refractivity contribution >= 4 is 46.5 Å². The van der Waals surface area contributed by atoms with Crippen LogP contribution in [0.3, 0.4) is 0 Å². The first-order valence-electron chi connectivity index (χ1n) is 8.65. The van der Waals surface area contributed by atoms with Crippen LogP contribution in [0, 0.1) is 5.92 Å². The number of anilines is 2. The summed E-state index contributed by atoms with van der Waals surface area (Å²) in [4.78, 5) is 30.2. The standard InChI is InChI=1S/C19H20Cl2N4O2/c1-12(8-13-2-3-14(20)9-16(13)21)19(27)24-15-4-5-17(23-10-15)25-7-6-22-18(26)11-25/h2-5,9-10,12H,6-8,11H2,1H3,(H,22,26)(H,24,27). The van der Waals surface area contributed by atoms with Crippen molar-refractivity contribution in [2.75, 3.05) is 29.9 Å². The van der Waals surface area contributed by atoms with Crippen molar-refractivity contribution in [3.05, 3.63) is 52.1 Å². The van der Waals surface area contributed by atoms with E-state index in [4.69, 9.17) is 23.2 Å². The Labute approximate surface area is 167 Å². The van der Waals surface area contributed by atoms with Gasteiger partial charge in [0.15, 0.2) is 0 Å². The molecular weight excluding hydrogens is 387 g/mol. The van der Waals surface area contributed by atoms with Crippen LogP contribution in [0.5, 0.6) is 0 Å². The largest absolute Gasteiger partial charge is 0.353 e. The van der Waals surface area contributed by atoms with E-state index in [1.54, 1.807) is 30.5 Å². The Morgan fingerprint density at radius 3 is 2.81 bits per heavy atom. The van der Waals surface area contributed by atoms with Gasteiger partial charge in [0.25, 0.3) is 0 Å². The van der Waals surface area contributed by atoms with E-state index in [0.29, 0.717) is 41.1 Å². The molecule has 0 bridgehead atoms. The molecule has 1 aliphatic heterocycles. The van der Waals surface area contributed by atoms with Crippen LogP contribution in [0.2, 0.25) is 10.0 Å². The molecule has 0 aliphatic carbocycles. The third-order valence-corrected chi connectivity index (χ3v) is 4.95. The van der Waals surface area contributed by atoms with Crippen LogP contribution in [-0.4, -0.2) is 36.4 Å². The second-order valence-electron chi connectivity index (χ2n) is 6.51. The summed E-state index contributed by atoms with van der Waals surface area (Å²) in [7, 11) is 0. The third kappa shape index (κ3) is 5.11. The number of halogens is 2. The highest BCUT2D eigenvalue weighted by Crippen LogP contribution is 2.24. The number of nitrogens with one attached hydrogen (secondary N) is 2. The fourth-order valence-corrected chi connectivity index (χ4v) is 3.34. The molecule has 1 atom stereocenters. The molecule has 27 heavy (non-hydrogen) atoms. The first-order chi connectivity index (χ1) is 12.9. The summed E-state index contributed by atoms with van der Waals surface area (Å²) in [5, 5.41) is 6.76. The minimum atomic E-state index is -0.269. The van der Waals surface area contributed by atoms with Gasteiger partial charge in [0.05, 0.1) is 18.4 Å². The van der Waals surface area contributed by atoms with E-state index in [1.807, 2.05) is 17.9 Å². The second-order valence-corrected chi connectivity index (χ2v) is 7.35. The summed E-state index contributed by atoms with van der Waals surface area (Å²) in [6, 6.07) is 8.85. The molecule has 0 radical (unpaired) electrons. The van der Waals surface area contributed by atoms with Gasteiger partial charge in [0.2, 0.25) is 11.8 Å². The number of carbonyl (C=O) groups is 2. The molecule has 1 aromatic carbocycles. The highest BCUT2D eigenvalue weighted by molar-refractivity contribution is 6.35. The van der Waals surface area contributed by atoms with Gasteiger partial charge in [-0.15, -0.1) is 0 Å². The smallest absolute Gasteiger partial charge is 0.239 e. The average molecular weight is 407 g/mol. The predicted octanol–water partition coefficient (Wildman–Crippen LogP) is 3.14. The first kappa shape index (κ1) is 19.5. The topological polar surface area (TPSA) is 74.3 Å². The van der Waals surface area contributed by atoms with Gasteiger partial charge < -0.3 is 15.5 Å². The summed E-state index contributed by atoms with van der Waals surface area (Å²) in [5.41, 5.74) is 1.49. The van der Waals surface area contributed by atoms with Crippen molar-refractivity contribution in [3.63, 3.8) is 0 Å². The van der Waals surface area contributed by atoms with E-state index in [-0.39, 0.29) is 24.3 Å². The van der Waals surface area contributed by atoms with E-state index in [0.717, 1.165) is 5.56 Å². The Balaban J connectivity index is 1.59. The molecule has 1 unspecified atom stereocenters. The van der Waals surface area contributed by atoms with Gasteiger partial charge >= 0.3 is 0 Å². The Kier molecular flexibility index (Phi) is 6.19. The number of hydrogen-bond acceptors (Lipinski definition) is 4. The summed E-state index contributed by atoms with van der Waals surface area (Å²) in [6.45, 7) is 3.44. The lowest BCUT2D eigenvalue weighted by molar-refractivity contribution is -0.120. The first-order valence-corrected chi connectivity index (χ1v) is 9.40. The van der Waals surface area contributed by atoms with Crippen LogP contribution in [0.15, 0.2) is 36.5 Å². The SMILES string of the molecule is CC(Cc1ccc(Cl)cc1Cl)C(=O)Nc1ccc(N2CCNC(=O)C2)nc1. The van der Waals surface area contributed by atoms with Gasteiger partial charge in [0.1, 0.15) is 5.82 Å². The number of hydrogen-bond donors (Lipinski definition) is 2. The molecule has 6 nitrogen and oxygen atoms in total. The maximum Gasteiger partial charge on any atom is 0.239 e. The number of amides is 2. The summed E-state index contributed by atoms with van der Waals surface area (Å²) < 4.78 is 0. The molecule has 1 saturated heterocycles. The molecule has 2 N–H and O–H groups in total. The van der Waals surface area contributed by atoms with E-state index in [2.05, 4.69) is 15.6 Å². The van der Waals surface area contributed by atoms with Crippen molar-refractivity contribution in [1.29, 1.82) is 0 Å². The summed E-state index contributed by atoms with van der Waals surface area (Å²) >= 11 is 12.1. The average Bonchev–Trinajstić information content (AvgIpc) is 2.64. The van der Waals surface area contributed by atoms with Gasteiger partial charge in [-0.3, -0.25) is 9.59 Å². The fourth-order valence-electron chi connectivity index (χ4n) is 2.86. The molecule has 0 spiro atoms. The van der Waals surface area contributed by atoms with Gasteiger partial charge in [-0.05, 0) is 36.2 Å². The molecular formula is C19H20Cl2N4O2. The number of piperazine rings is 1. The molecule has 2 aromatic rings. The number of pyridine rings is 1. The van der Waals surface area contributed by atoms with Crippen LogP contribution in [-0.2, 0) is 16.0 Å². The molecule has 3 rings (SSSR count). The summed E-state index contributed by atoms with van der Waals surface area (Å²) in [5.74, 6) is 0.306. The predicted molar refractivity (Wildman–Crippen MR) is 107 cm³/mol. The zero-order valence-corrected chi connectivity index (χ0v) is 16.3. The highest BCUT2D eigenvalue weighted by atomic mass is 35.5. The monoisotopic (exact) mass is 406 g/mol. The van der Waals surface area contributed by atoms with Crippen molar-refractivity contribution in [2.45, 2.75) is 13.3 Å². The zero-order chi connectivity index (χ0) is 19.4. The number of aromatic nitrogens is 1. The maximum absolute atomic E-state index is 12.5. The van der Waals surface area contributed by atoms with Gasteiger partial charge in [-0.25, -0.2) is 4.98 Å². The van der Waals surface area contributed by atoms with Crippen LogP contribution in [0.1, 0.15) is 12.5 Å². The quantitative estimate of drug-likeness (QED) is 0.799. The second kappa shape index (κ2) is 8.59. The van der Waals surface area contributed by atoms with E-state index in [1.165, 1.54) is 0 Å². The lowest BCUT2D eigenvalue weighted by atomic mass is 10.0. The van der Waals surface area contributed by atoms with Crippen LogP contribution < -0.4 is 15.5 Å². The normalized spacial score (nSPS) is 15.2. The van der Waals surface area contributed by atoms with Gasteiger partial charge in [0, 0.05) is 29.1 Å². The Morgan fingerprint density at radius 1 is 1.33 bits per heavy atom. The zero-order valence-electron chi connectivity index (χ0n) is 14.8. The van der Waals surface area contributed by atoms with Crippen molar-refractivity contribution in [3.8, 4) is 0 Å². The van der Waals surface area contributed by atoms with Crippen LogP contribution in [0.4, 0.5) is 11.5 Å². The number of nitrogens with zero attached hydrogens (tertiary/aromatic N) is 2. The van der Waals surface area contributed by atoms with Crippen molar-refractivity contribution in [1.82, 2.24) is 10.3 Å². The highest BCUT2D eigenvalue weighted by Gasteiger charge is 2.18. The molecule has 2 heterocycles. The number of carbonyl (C=O) groups excluding carboxylic acids is 2. The minimum absolute atomic E-state index is 0.0184. The lowest BCUT2D eigenvalue weighted by Gasteiger charge is -2.27. The van der Waals surface area contributed by atoms with Crippen molar-refractivity contribution < 1.29 is 9.59 Å². The Morgan fingerprint density at radius 2 is 2.15 bits per heavy atom. The number of benzene rings is 1. The molecule has 1 aromatic heterocycles. The van der Waals surface area contributed by atoms with E-state index < -0.39 is 0 Å². The van der Waals surface area contributed by atoms with Gasteiger partial charge in [-0.1, -0.05) is 36.2 Å². The molecule has 2 amide bonds. The van der Waals surface area contributed by atoms with Gasteiger partial charge in [-0.2, -0.15) is 0 Å².